The number of hydrogen-bond acceptors (Lipinski definition) is 3. The molecular weight excluding hydrogens is 334 g/mol. The van der Waals surface area contributed by atoms with Gasteiger partial charge in [-0.1, -0.05) is 30.3 Å². The Morgan fingerprint density at radius 3 is 2.85 bits per heavy atom. The molecule has 0 saturated heterocycles. The summed E-state index contributed by atoms with van der Waals surface area (Å²) < 4.78 is 1.65. The summed E-state index contributed by atoms with van der Waals surface area (Å²) in [7, 11) is 0. The molecule has 2 aliphatic rings. The molecule has 0 N–H and O–H groups in total. The molecule has 0 aliphatic heterocycles. The molecule has 0 amide bonds. The molecule has 1 saturated carbocycles. The lowest BCUT2D eigenvalue weighted by atomic mass is 9.86. The van der Waals surface area contributed by atoms with E-state index in [1.165, 1.54) is 43.2 Å². The second-order valence-electron chi connectivity index (χ2n) is 7.98. The van der Waals surface area contributed by atoms with Crippen molar-refractivity contribution in [1.29, 1.82) is 0 Å². The van der Waals surface area contributed by atoms with Gasteiger partial charge in [0.2, 0.25) is 0 Å². The van der Waals surface area contributed by atoms with Gasteiger partial charge < -0.3 is 0 Å². The first-order valence-corrected chi connectivity index (χ1v) is 10.0. The maximum absolute atomic E-state index is 12.6. The topological polar surface area (TPSA) is 37.6 Å². The van der Waals surface area contributed by atoms with Crippen molar-refractivity contribution in [2.24, 2.45) is 0 Å². The molecular formula is C23H25N3O. The summed E-state index contributed by atoms with van der Waals surface area (Å²) in [4.78, 5) is 20.1. The van der Waals surface area contributed by atoms with E-state index in [2.05, 4.69) is 29.2 Å². The Balaban J connectivity index is 1.53. The van der Waals surface area contributed by atoms with Crippen LogP contribution in [0.3, 0.4) is 0 Å². The maximum atomic E-state index is 12.6. The minimum Gasteiger partial charge on any atom is -0.288 e. The fraction of sp³-hybridized carbons (Fsp3) is 0.391. The Labute approximate surface area is 159 Å². The summed E-state index contributed by atoms with van der Waals surface area (Å²) in [6.07, 6.45) is 7.92. The van der Waals surface area contributed by atoms with Gasteiger partial charge in [0.15, 0.2) is 0 Å². The highest BCUT2D eigenvalue weighted by Crippen LogP contribution is 2.41. The van der Waals surface area contributed by atoms with Gasteiger partial charge in [-0.2, -0.15) is 0 Å². The molecule has 2 aliphatic carbocycles. The Morgan fingerprint density at radius 1 is 1.15 bits per heavy atom. The third-order valence-electron chi connectivity index (χ3n) is 6.04. The van der Waals surface area contributed by atoms with E-state index in [1.807, 2.05) is 19.1 Å². The highest BCUT2D eigenvalue weighted by atomic mass is 16.1. The normalized spacial score (nSPS) is 19.4. The Bertz CT molecular complexity index is 1050. The first-order valence-electron chi connectivity index (χ1n) is 10.0. The number of fused-ring (bicyclic) bond motifs is 2. The summed E-state index contributed by atoms with van der Waals surface area (Å²) >= 11 is 0. The van der Waals surface area contributed by atoms with Crippen LogP contribution in [0, 0.1) is 6.92 Å². The van der Waals surface area contributed by atoms with Gasteiger partial charge in [-0.05, 0) is 61.8 Å². The van der Waals surface area contributed by atoms with Crippen molar-refractivity contribution in [3.63, 3.8) is 0 Å². The van der Waals surface area contributed by atoms with Gasteiger partial charge in [0.1, 0.15) is 5.65 Å². The van der Waals surface area contributed by atoms with Gasteiger partial charge in [0.05, 0.1) is 5.69 Å². The number of nitrogens with zero attached hydrogens (tertiary/aromatic N) is 3. The number of aryl methyl sites for hydroxylation is 2. The van der Waals surface area contributed by atoms with Crippen molar-refractivity contribution >= 4 is 5.65 Å². The van der Waals surface area contributed by atoms with Crippen LogP contribution in [-0.2, 0) is 13.0 Å². The zero-order valence-electron chi connectivity index (χ0n) is 15.8. The van der Waals surface area contributed by atoms with Crippen LogP contribution in [0.4, 0.5) is 0 Å². The number of pyridine rings is 1. The predicted molar refractivity (Wildman–Crippen MR) is 107 cm³/mol. The van der Waals surface area contributed by atoms with Crippen LogP contribution in [0.2, 0.25) is 0 Å². The van der Waals surface area contributed by atoms with E-state index < -0.39 is 0 Å². The number of aromatic nitrogens is 2. The smallest absolute Gasteiger partial charge is 0.258 e. The van der Waals surface area contributed by atoms with Crippen LogP contribution in [-0.4, -0.2) is 20.3 Å². The molecule has 5 rings (SSSR count). The fourth-order valence-corrected chi connectivity index (χ4v) is 4.55. The second kappa shape index (κ2) is 6.61. The molecule has 0 bridgehead atoms. The average molecular weight is 359 g/mol. The second-order valence-corrected chi connectivity index (χ2v) is 7.98. The van der Waals surface area contributed by atoms with Gasteiger partial charge in [0.25, 0.3) is 5.56 Å². The number of benzene rings is 1. The van der Waals surface area contributed by atoms with Crippen LogP contribution in [0.25, 0.3) is 5.65 Å². The van der Waals surface area contributed by atoms with Crippen molar-refractivity contribution in [1.82, 2.24) is 14.3 Å². The van der Waals surface area contributed by atoms with Crippen LogP contribution < -0.4 is 5.56 Å². The average Bonchev–Trinajstić information content (AvgIpc) is 3.52. The van der Waals surface area contributed by atoms with Gasteiger partial charge in [-0.3, -0.25) is 14.1 Å². The molecule has 3 aromatic rings. The standard InChI is InChI=1S/C23H25N3O/c1-16-6-5-13-25-22(27)14-18(24-23(16)25)15-26(19-11-12-19)21-10-4-8-17-7-2-3-9-20(17)21/h2-3,5-7,9,13-14,19,21H,4,8,10-12,15H2,1H3. The van der Waals surface area contributed by atoms with Crippen molar-refractivity contribution in [2.45, 2.75) is 57.7 Å². The first kappa shape index (κ1) is 16.7. The van der Waals surface area contributed by atoms with E-state index in [9.17, 15) is 4.79 Å². The van der Waals surface area contributed by atoms with Crippen LogP contribution in [0.15, 0.2) is 53.5 Å². The summed E-state index contributed by atoms with van der Waals surface area (Å²) in [5.41, 5.74) is 5.69. The fourth-order valence-electron chi connectivity index (χ4n) is 4.55. The molecule has 1 fully saturated rings. The third kappa shape index (κ3) is 3.08. The van der Waals surface area contributed by atoms with Crippen molar-refractivity contribution in [2.75, 3.05) is 0 Å². The molecule has 2 aromatic heterocycles. The number of hydrogen-bond donors (Lipinski definition) is 0. The lowest BCUT2D eigenvalue weighted by Crippen LogP contribution is -2.33. The SMILES string of the molecule is Cc1cccn2c(=O)cc(CN(C3CC3)C3CCCc4ccccc43)nc12. The largest absolute Gasteiger partial charge is 0.288 e. The van der Waals surface area contributed by atoms with E-state index in [-0.39, 0.29) is 5.56 Å². The number of rotatable bonds is 4. The zero-order chi connectivity index (χ0) is 18.4. The molecule has 4 heteroatoms. The van der Waals surface area contributed by atoms with Gasteiger partial charge in [-0.25, -0.2) is 4.98 Å². The zero-order valence-corrected chi connectivity index (χ0v) is 15.8. The molecule has 0 radical (unpaired) electrons. The Hall–Kier alpha value is -2.46. The monoisotopic (exact) mass is 359 g/mol. The van der Waals surface area contributed by atoms with Crippen molar-refractivity contribution in [3.05, 3.63) is 81.4 Å². The van der Waals surface area contributed by atoms with E-state index >= 15 is 0 Å². The highest BCUT2D eigenvalue weighted by molar-refractivity contribution is 5.46. The highest BCUT2D eigenvalue weighted by Gasteiger charge is 2.36. The van der Waals surface area contributed by atoms with Crippen LogP contribution in [0.1, 0.15) is 54.1 Å². The molecule has 4 nitrogen and oxygen atoms in total. The summed E-state index contributed by atoms with van der Waals surface area (Å²) in [6.45, 7) is 2.77. The first-order chi connectivity index (χ1) is 13.2. The molecule has 1 unspecified atom stereocenters. The van der Waals surface area contributed by atoms with Crippen LogP contribution >= 0.6 is 0 Å². The van der Waals surface area contributed by atoms with Crippen LogP contribution in [0.5, 0.6) is 0 Å². The molecule has 1 atom stereocenters. The minimum absolute atomic E-state index is 0.0125. The Morgan fingerprint density at radius 2 is 2.00 bits per heavy atom. The summed E-state index contributed by atoms with van der Waals surface area (Å²) in [6, 6.07) is 15.6. The van der Waals surface area contributed by atoms with E-state index in [1.54, 1.807) is 16.7 Å². The maximum Gasteiger partial charge on any atom is 0.258 e. The minimum atomic E-state index is 0.0125. The summed E-state index contributed by atoms with van der Waals surface area (Å²) in [5, 5.41) is 0. The molecule has 1 aromatic carbocycles. The van der Waals surface area contributed by atoms with E-state index in [4.69, 9.17) is 4.98 Å². The van der Waals surface area contributed by atoms with E-state index in [0.717, 1.165) is 23.4 Å². The van der Waals surface area contributed by atoms with Crippen molar-refractivity contribution in [3.8, 4) is 0 Å². The quantitative estimate of drug-likeness (QED) is 0.705. The lowest BCUT2D eigenvalue weighted by Gasteiger charge is -2.36. The Kier molecular flexibility index (Phi) is 4.09. The molecule has 27 heavy (non-hydrogen) atoms. The van der Waals surface area contributed by atoms with E-state index in [0.29, 0.717) is 12.1 Å². The van der Waals surface area contributed by atoms with Gasteiger partial charge in [0, 0.05) is 30.9 Å². The van der Waals surface area contributed by atoms with Gasteiger partial charge >= 0.3 is 0 Å². The molecule has 2 heterocycles. The van der Waals surface area contributed by atoms with Crippen molar-refractivity contribution < 1.29 is 0 Å². The molecule has 0 spiro atoms. The summed E-state index contributed by atoms with van der Waals surface area (Å²) in [5.74, 6) is 0. The third-order valence-corrected chi connectivity index (χ3v) is 6.04. The van der Waals surface area contributed by atoms with Gasteiger partial charge in [-0.15, -0.1) is 0 Å². The lowest BCUT2D eigenvalue weighted by molar-refractivity contribution is 0.158. The predicted octanol–water partition coefficient (Wildman–Crippen LogP) is 4.04. The molecule has 138 valence electrons.